The molecule has 1 unspecified atom stereocenters. The van der Waals surface area contributed by atoms with Crippen LogP contribution in [0.25, 0.3) is 17.8 Å². The Labute approximate surface area is 204 Å². The first-order valence-corrected chi connectivity index (χ1v) is 11.3. The van der Waals surface area contributed by atoms with E-state index in [1.54, 1.807) is 33.8 Å². The van der Waals surface area contributed by atoms with E-state index in [4.69, 9.17) is 4.74 Å². The van der Waals surface area contributed by atoms with Crippen molar-refractivity contribution in [3.63, 3.8) is 0 Å². The number of nitrogens with zero attached hydrogens (tertiary/aromatic N) is 6. The molecule has 3 aromatic heterocycles. The molecule has 0 aliphatic carbocycles. The minimum atomic E-state index is -4.67. The van der Waals surface area contributed by atoms with Crippen LogP contribution in [0.4, 0.5) is 17.6 Å². The van der Waals surface area contributed by atoms with Gasteiger partial charge in [-0.3, -0.25) is 0 Å². The van der Waals surface area contributed by atoms with E-state index in [2.05, 4.69) is 20.1 Å². The van der Waals surface area contributed by atoms with Crippen LogP contribution in [0.15, 0.2) is 42.9 Å². The SMILES string of the molecule is COc1nc(C=Cc2nc3n(n2)CCCC3c2c(F)cccc2C(F)(F)F)ccc1-n1cnc(C)c1. The number of ether oxygens (including phenoxy) is 1. The zero-order chi connectivity index (χ0) is 25.4. The Bertz CT molecular complexity index is 1440. The largest absolute Gasteiger partial charge is 0.479 e. The van der Waals surface area contributed by atoms with Gasteiger partial charge in [-0.25, -0.2) is 24.0 Å². The monoisotopic (exact) mass is 498 g/mol. The Morgan fingerprint density at radius 3 is 2.67 bits per heavy atom. The standard InChI is InChI=1S/C25H22F4N6O/c1-15-13-34(14-30-15)20-10-8-16(31-24(20)36-2)9-11-21-32-23-17(5-4-12-35(23)33-21)22-18(25(27,28)29)6-3-7-19(22)26/h3,6-11,13-14,17H,4-5,12H2,1-2H3. The van der Waals surface area contributed by atoms with Crippen molar-refractivity contribution in [1.82, 2.24) is 29.3 Å². The third kappa shape index (κ3) is 4.48. The number of pyridine rings is 1. The van der Waals surface area contributed by atoms with Gasteiger partial charge in [0.05, 0.1) is 30.4 Å². The second-order valence-corrected chi connectivity index (χ2v) is 8.47. The van der Waals surface area contributed by atoms with E-state index in [0.717, 1.165) is 29.6 Å². The predicted octanol–water partition coefficient (Wildman–Crippen LogP) is 5.43. The molecule has 0 saturated heterocycles. The Hall–Kier alpha value is -4.02. The van der Waals surface area contributed by atoms with Gasteiger partial charge in [0.15, 0.2) is 5.82 Å². The van der Waals surface area contributed by atoms with E-state index in [0.29, 0.717) is 42.6 Å². The highest BCUT2D eigenvalue weighted by molar-refractivity contribution is 5.65. The van der Waals surface area contributed by atoms with Crippen molar-refractivity contribution in [3.05, 3.63) is 82.8 Å². The average Bonchev–Trinajstić information content (AvgIpc) is 3.47. The Morgan fingerprint density at radius 1 is 1.11 bits per heavy atom. The summed E-state index contributed by atoms with van der Waals surface area (Å²) in [5.74, 6) is -0.731. The van der Waals surface area contributed by atoms with Crippen LogP contribution in [-0.2, 0) is 12.7 Å². The van der Waals surface area contributed by atoms with E-state index in [1.165, 1.54) is 7.11 Å². The number of aromatic nitrogens is 6. The maximum absolute atomic E-state index is 14.7. The molecule has 4 aromatic rings. The van der Waals surface area contributed by atoms with Crippen LogP contribution in [0, 0.1) is 12.7 Å². The number of hydrogen-bond donors (Lipinski definition) is 0. The minimum Gasteiger partial charge on any atom is -0.479 e. The number of fused-ring (bicyclic) bond motifs is 1. The maximum Gasteiger partial charge on any atom is 0.416 e. The van der Waals surface area contributed by atoms with Crippen LogP contribution in [-0.4, -0.2) is 36.4 Å². The van der Waals surface area contributed by atoms with Crippen molar-refractivity contribution in [2.24, 2.45) is 0 Å². The third-order valence-corrected chi connectivity index (χ3v) is 6.05. The summed E-state index contributed by atoms with van der Waals surface area (Å²) in [6, 6.07) is 6.66. The molecule has 0 fully saturated rings. The highest BCUT2D eigenvalue weighted by Crippen LogP contribution is 2.41. The molecule has 1 atom stereocenters. The van der Waals surface area contributed by atoms with Gasteiger partial charge in [-0.2, -0.15) is 18.3 Å². The smallest absolute Gasteiger partial charge is 0.416 e. The Kier molecular flexibility index (Phi) is 6.07. The van der Waals surface area contributed by atoms with Crippen molar-refractivity contribution < 1.29 is 22.3 Å². The minimum absolute atomic E-state index is 0.303. The topological polar surface area (TPSA) is 70.7 Å². The lowest BCUT2D eigenvalue weighted by atomic mass is 9.87. The molecule has 36 heavy (non-hydrogen) atoms. The number of rotatable bonds is 5. The van der Waals surface area contributed by atoms with Crippen LogP contribution in [0.2, 0.25) is 0 Å². The van der Waals surface area contributed by atoms with Gasteiger partial charge in [-0.05, 0) is 56.2 Å². The lowest BCUT2D eigenvalue weighted by Crippen LogP contribution is -2.22. The number of halogens is 4. The van der Waals surface area contributed by atoms with E-state index in [9.17, 15) is 17.6 Å². The van der Waals surface area contributed by atoms with Crippen LogP contribution in [0.1, 0.15) is 52.9 Å². The Morgan fingerprint density at radius 2 is 1.94 bits per heavy atom. The maximum atomic E-state index is 14.7. The van der Waals surface area contributed by atoms with Crippen molar-refractivity contribution in [3.8, 4) is 11.6 Å². The average molecular weight is 498 g/mol. The molecule has 0 spiro atoms. The summed E-state index contributed by atoms with van der Waals surface area (Å²) < 4.78 is 64.3. The van der Waals surface area contributed by atoms with E-state index in [-0.39, 0.29) is 5.56 Å². The van der Waals surface area contributed by atoms with Crippen LogP contribution < -0.4 is 4.74 Å². The molecular weight excluding hydrogens is 476 g/mol. The quantitative estimate of drug-likeness (QED) is 0.343. The molecule has 1 aromatic carbocycles. The van der Waals surface area contributed by atoms with Crippen molar-refractivity contribution in [1.29, 1.82) is 0 Å². The fraction of sp³-hybridized carbons (Fsp3) is 0.280. The Balaban J connectivity index is 1.45. The fourth-order valence-corrected chi connectivity index (χ4v) is 4.45. The van der Waals surface area contributed by atoms with Gasteiger partial charge >= 0.3 is 6.18 Å². The second-order valence-electron chi connectivity index (χ2n) is 8.47. The normalized spacial score (nSPS) is 15.9. The zero-order valence-electron chi connectivity index (χ0n) is 19.5. The number of aryl methyl sites for hydroxylation is 2. The first-order chi connectivity index (χ1) is 17.2. The molecule has 0 N–H and O–H groups in total. The number of benzene rings is 1. The van der Waals surface area contributed by atoms with Crippen LogP contribution in [0.3, 0.4) is 0 Å². The third-order valence-electron chi connectivity index (χ3n) is 6.05. The van der Waals surface area contributed by atoms with Crippen molar-refractivity contribution in [2.75, 3.05) is 7.11 Å². The van der Waals surface area contributed by atoms with E-state index in [1.807, 2.05) is 19.2 Å². The van der Waals surface area contributed by atoms with Gasteiger partial charge < -0.3 is 9.30 Å². The fourth-order valence-electron chi connectivity index (χ4n) is 4.45. The summed E-state index contributed by atoms with van der Waals surface area (Å²) in [5, 5.41) is 4.42. The van der Waals surface area contributed by atoms with Gasteiger partial charge in [0, 0.05) is 24.2 Å². The van der Waals surface area contributed by atoms with Gasteiger partial charge in [-0.15, -0.1) is 0 Å². The summed E-state index contributed by atoms with van der Waals surface area (Å²) in [7, 11) is 1.52. The zero-order valence-corrected chi connectivity index (χ0v) is 19.5. The lowest BCUT2D eigenvalue weighted by Gasteiger charge is -2.25. The molecular formula is C25H22F4N6O. The van der Waals surface area contributed by atoms with Gasteiger partial charge in [0.25, 0.3) is 0 Å². The molecule has 0 bridgehead atoms. The second kappa shape index (κ2) is 9.21. The molecule has 7 nitrogen and oxygen atoms in total. The summed E-state index contributed by atoms with van der Waals surface area (Å²) in [6.45, 7) is 2.37. The molecule has 0 radical (unpaired) electrons. The predicted molar refractivity (Wildman–Crippen MR) is 124 cm³/mol. The number of hydrogen-bond acceptors (Lipinski definition) is 5. The van der Waals surface area contributed by atoms with Crippen molar-refractivity contribution in [2.45, 2.75) is 38.4 Å². The molecule has 1 aliphatic heterocycles. The first-order valence-electron chi connectivity index (χ1n) is 11.3. The summed E-state index contributed by atoms with van der Waals surface area (Å²) in [4.78, 5) is 13.2. The van der Waals surface area contributed by atoms with Crippen LogP contribution in [0.5, 0.6) is 5.88 Å². The first kappa shape index (κ1) is 23.7. The molecule has 4 heterocycles. The number of imidazole rings is 1. The molecule has 11 heteroatoms. The van der Waals surface area contributed by atoms with Crippen LogP contribution >= 0.6 is 0 Å². The molecule has 5 rings (SSSR count). The molecule has 0 saturated carbocycles. The molecule has 0 amide bonds. The molecule has 1 aliphatic rings. The summed E-state index contributed by atoms with van der Waals surface area (Å²) in [6.07, 6.45) is 3.06. The number of alkyl halides is 3. The lowest BCUT2D eigenvalue weighted by molar-refractivity contribution is -0.138. The number of methoxy groups -OCH3 is 1. The summed E-state index contributed by atoms with van der Waals surface area (Å²) >= 11 is 0. The summed E-state index contributed by atoms with van der Waals surface area (Å²) in [5.41, 5.74) is 0.785. The highest BCUT2D eigenvalue weighted by Gasteiger charge is 2.39. The highest BCUT2D eigenvalue weighted by atomic mass is 19.4. The van der Waals surface area contributed by atoms with Gasteiger partial charge in [-0.1, -0.05) is 6.07 Å². The molecule has 186 valence electrons. The van der Waals surface area contributed by atoms with Gasteiger partial charge in [0.2, 0.25) is 5.88 Å². The van der Waals surface area contributed by atoms with E-state index < -0.39 is 23.5 Å². The van der Waals surface area contributed by atoms with Crippen molar-refractivity contribution >= 4 is 12.2 Å². The van der Waals surface area contributed by atoms with E-state index >= 15 is 0 Å². The van der Waals surface area contributed by atoms with Gasteiger partial charge in [0.1, 0.15) is 17.3 Å².